The van der Waals surface area contributed by atoms with Gasteiger partial charge in [0.05, 0.1) is 5.75 Å². The molecule has 0 radical (unpaired) electrons. The lowest BCUT2D eigenvalue weighted by atomic mass is 10.1. The van der Waals surface area contributed by atoms with Crippen molar-refractivity contribution in [1.29, 1.82) is 0 Å². The van der Waals surface area contributed by atoms with Gasteiger partial charge in [-0.15, -0.1) is 0 Å². The van der Waals surface area contributed by atoms with Gasteiger partial charge in [-0.25, -0.2) is 9.37 Å². The Morgan fingerprint density at radius 1 is 1.15 bits per heavy atom. The summed E-state index contributed by atoms with van der Waals surface area (Å²) in [6, 6.07) is 14.8. The quantitative estimate of drug-likeness (QED) is 0.631. The smallest absolute Gasteiger partial charge is 0.256 e. The number of anilines is 1. The minimum Gasteiger partial charge on any atom is -0.369 e. The molecule has 26 heavy (non-hydrogen) atoms. The van der Waals surface area contributed by atoms with Gasteiger partial charge < -0.3 is 11.1 Å². The van der Waals surface area contributed by atoms with Crippen molar-refractivity contribution in [1.82, 2.24) is 4.98 Å². The van der Waals surface area contributed by atoms with E-state index in [-0.39, 0.29) is 11.3 Å². The summed E-state index contributed by atoms with van der Waals surface area (Å²) in [4.78, 5) is 27.9. The van der Waals surface area contributed by atoms with Crippen molar-refractivity contribution in [2.24, 2.45) is 5.73 Å². The number of carbonyl (C=O) groups excluding carboxylic acids is 2. The Labute approximate surface area is 157 Å². The normalized spacial score (nSPS) is 10.5. The third-order valence-corrected chi connectivity index (χ3v) is 5.44. The van der Waals surface area contributed by atoms with E-state index in [0.717, 1.165) is 5.56 Å². The molecule has 3 rings (SSSR count). The number of nitrogens with two attached hydrogens (primary N) is 1. The number of nitrogens with zero attached hydrogens (tertiary/aromatic N) is 1. The average molecular weight is 387 g/mol. The van der Waals surface area contributed by atoms with E-state index in [2.05, 4.69) is 10.3 Å². The van der Waals surface area contributed by atoms with E-state index in [1.54, 1.807) is 0 Å². The first-order chi connectivity index (χ1) is 12.5. The van der Waals surface area contributed by atoms with Crippen LogP contribution in [0.2, 0.25) is 0 Å². The summed E-state index contributed by atoms with van der Waals surface area (Å²) in [5.74, 6) is -1.27. The van der Waals surface area contributed by atoms with Gasteiger partial charge in [0.2, 0.25) is 5.91 Å². The standard InChI is InChI=1S/C18H14FN3O2S2/c19-13-8-4-7-12(9-13)16(24)22-17-15(11-5-2-1-3-6-11)21-18(26-17)25-10-14(20)23/h1-9H,10H2,(H2,20,23)(H,22,24). The van der Waals surface area contributed by atoms with E-state index < -0.39 is 17.6 Å². The topological polar surface area (TPSA) is 85.1 Å². The molecule has 132 valence electrons. The van der Waals surface area contributed by atoms with Crippen LogP contribution in [0.5, 0.6) is 0 Å². The van der Waals surface area contributed by atoms with Crippen LogP contribution in [0, 0.1) is 5.82 Å². The number of thioether (sulfide) groups is 1. The molecular formula is C18H14FN3O2S2. The van der Waals surface area contributed by atoms with Crippen LogP contribution >= 0.6 is 23.1 Å². The first kappa shape index (κ1) is 18.1. The number of hydrogen-bond acceptors (Lipinski definition) is 5. The van der Waals surface area contributed by atoms with Crippen molar-refractivity contribution in [2.45, 2.75) is 4.34 Å². The summed E-state index contributed by atoms with van der Waals surface area (Å²) >= 11 is 2.45. The van der Waals surface area contributed by atoms with Crippen LogP contribution in [-0.2, 0) is 4.79 Å². The predicted octanol–water partition coefficient (Wildman–Crippen LogP) is 3.78. The largest absolute Gasteiger partial charge is 0.369 e. The Balaban J connectivity index is 1.91. The summed E-state index contributed by atoms with van der Waals surface area (Å²) in [7, 11) is 0. The maximum Gasteiger partial charge on any atom is 0.256 e. The Morgan fingerprint density at radius 3 is 2.62 bits per heavy atom. The van der Waals surface area contributed by atoms with E-state index in [0.29, 0.717) is 15.0 Å². The molecule has 0 saturated heterocycles. The van der Waals surface area contributed by atoms with Crippen LogP contribution in [0.3, 0.4) is 0 Å². The van der Waals surface area contributed by atoms with Gasteiger partial charge >= 0.3 is 0 Å². The average Bonchev–Trinajstić information content (AvgIpc) is 3.03. The molecule has 2 aromatic carbocycles. The molecule has 1 heterocycles. The maximum atomic E-state index is 13.4. The fourth-order valence-corrected chi connectivity index (χ4v) is 3.98. The van der Waals surface area contributed by atoms with Crippen molar-refractivity contribution >= 4 is 39.9 Å². The molecule has 2 amide bonds. The number of hydrogen-bond donors (Lipinski definition) is 2. The van der Waals surface area contributed by atoms with Gasteiger partial charge in [0.1, 0.15) is 16.5 Å². The minimum absolute atomic E-state index is 0.0963. The van der Waals surface area contributed by atoms with Gasteiger partial charge in [0.25, 0.3) is 5.91 Å². The molecule has 0 atom stereocenters. The number of nitrogens with one attached hydrogen (secondary N) is 1. The molecule has 1 aromatic heterocycles. The molecule has 0 aliphatic rings. The zero-order valence-electron chi connectivity index (χ0n) is 13.4. The summed E-state index contributed by atoms with van der Waals surface area (Å²) in [6.07, 6.45) is 0. The van der Waals surface area contributed by atoms with E-state index in [9.17, 15) is 14.0 Å². The summed E-state index contributed by atoms with van der Waals surface area (Å²) < 4.78 is 14.0. The summed E-state index contributed by atoms with van der Waals surface area (Å²) in [5.41, 5.74) is 6.80. The molecule has 0 aliphatic carbocycles. The highest BCUT2D eigenvalue weighted by atomic mass is 32.2. The molecule has 0 aliphatic heterocycles. The van der Waals surface area contributed by atoms with Crippen molar-refractivity contribution in [2.75, 3.05) is 11.1 Å². The highest BCUT2D eigenvalue weighted by Crippen LogP contribution is 2.37. The monoisotopic (exact) mass is 387 g/mol. The van der Waals surface area contributed by atoms with E-state index in [1.165, 1.54) is 47.4 Å². The first-order valence-electron chi connectivity index (χ1n) is 7.57. The molecule has 0 unspecified atom stereocenters. The molecule has 5 nitrogen and oxygen atoms in total. The number of rotatable bonds is 6. The van der Waals surface area contributed by atoms with Gasteiger partial charge in [-0.05, 0) is 18.2 Å². The first-order valence-corrected chi connectivity index (χ1v) is 9.37. The molecule has 0 fully saturated rings. The van der Waals surface area contributed by atoms with Gasteiger partial charge in [0, 0.05) is 11.1 Å². The van der Waals surface area contributed by atoms with Gasteiger partial charge in [-0.3, -0.25) is 9.59 Å². The van der Waals surface area contributed by atoms with Crippen LogP contribution in [0.25, 0.3) is 11.3 Å². The predicted molar refractivity (Wildman–Crippen MR) is 102 cm³/mol. The summed E-state index contributed by atoms with van der Waals surface area (Å²) in [6.45, 7) is 0. The van der Waals surface area contributed by atoms with Gasteiger partial charge in [-0.1, -0.05) is 59.5 Å². The third-order valence-electron chi connectivity index (χ3n) is 3.31. The van der Waals surface area contributed by atoms with Crippen LogP contribution in [0.15, 0.2) is 58.9 Å². The fraction of sp³-hybridized carbons (Fsp3) is 0.0556. The van der Waals surface area contributed by atoms with Crippen molar-refractivity contribution in [3.05, 3.63) is 66.0 Å². The Hall–Kier alpha value is -2.71. The number of aromatic nitrogens is 1. The maximum absolute atomic E-state index is 13.4. The zero-order chi connectivity index (χ0) is 18.5. The Kier molecular flexibility index (Phi) is 5.65. The highest BCUT2D eigenvalue weighted by Gasteiger charge is 2.17. The Bertz CT molecular complexity index is 945. The van der Waals surface area contributed by atoms with Gasteiger partial charge in [-0.2, -0.15) is 0 Å². The number of thiazole rings is 1. The molecule has 3 N–H and O–H groups in total. The van der Waals surface area contributed by atoms with E-state index >= 15 is 0 Å². The van der Waals surface area contributed by atoms with Crippen molar-refractivity contribution < 1.29 is 14.0 Å². The minimum atomic E-state index is -0.483. The lowest BCUT2D eigenvalue weighted by Gasteiger charge is -2.05. The van der Waals surface area contributed by atoms with Crippen LogP contribution in [-0.4, -0.2) is 22.6 Å². The molecule has 0 spiro atoms. The molecule has 8 heteroatoms. The van der Waals surface area contributed by atoms with Crippen molar-refractivity contribution in [3.63, 3.8) is 0 Å². The highest BCUT2D eigenvalue weighted by molar-refractivity contribution is 8.01. The van der Waals surface area contributed by atoms with E-state index in [4.69, 9.17) is 5.73 Å². The lowest BCUT2D eigenvalue weighted by molar-refractivity contribution is -0.115. The molecule has 3 aromatic rings. The van der Waals surface area contributed by atoms with E-state index in [1.807, 2.05) is 30.3 Å². The molecule has 0 saturated carbocycles. The molecule has 0 bridgehead atoms. The fourth-order valence-electron chi connectivity index (χ4n) is 2.18. The number of halogens is 1. The summed E-state index contributed by atoms with van der Waals surface area (Å²) in [5, 5.41) is 3.31. The van der Waals surface area contributed by atoms with Crippen molar-refractivity contribution in [3.8, 4) is 11.3 Å². The number of carbonyl (C=O) groups is 2. The molecular weight excluding hydrogens is 373 g/mol. The Morgan fingerprint density at radius 2 is 1.92 bits per heavy atom. The van der Waals surface area contributed by atoms with Crippen LogP contribution in [0.1, 0.15) is 10.4 Å². The zero-order valence-corrected chi connectivity index (χ0v) is 15.1. The second kappa shape index (κ2) is 8.11. The number of amides is 2. The third kappa shape index (κ3) is 4.47. The lowest BCUT2D eigenvalue weighted by Crippen LogP contribution is -2.12. The van der Waals surface area contributed by atoms with Gasteiger partial charge in [0.15, 0.2) is 4.34 Å². The second-order valence-corrected chi connectivity index (χ2v) is 7.46. The number of benzene rings is 2. The second-order valence-electron chi connectivity index (χ2n) is 5.24. The van der Waals surface area contributed by atoms with Crippen LogP contribution in [0.4, 0.5) is 9.39 Å². The van der Waals surface area contributed by atoms with Crippen LogP contribution < -0.4 is 11.1 Å². The SMILES string of the molecule is NC(=O)CSc1nc(-c2ccccc2)c(NC(=O)c2cccc(F)c2)s1. The number of primary amides is 1.